The largest absolute Gasteiger partial charge is 0.444 e. The van der Waals surface area contributed by atoms with Crippen molar-refractivity contribution in [1.82, 2.24) is 10.6 Å². The van der Waals surface area contributed by atoms with Gasteiger partial charge in [-0.3, -0.25) is 0 Å². The fourth-order valence-electron chi connectivity index (χ4n) is 3.37. The molecule has 2 saturated carbocycles. The number of ether oxygens (including phenoxy) is 1. The van der Waals surface area contributed by atoms with Gasteiger partial charge in [0.05, 0.1) is 6.61 Å². The first-order valence-corrected chi connectivity index (χ1v) is 8.10. The van der Waals surface area contributed by atoms with Crippen molar-refractivity contribution in [3.8, 4) is 0 Å². The van der Waals surface area contributed by atoms with Gasteiger partial charge in [0.15, 0.2) is 0 Å². The minimum atomic E-state index is -0.436. The molecule has 5 heteroatoms. The lowest BCUT2D eigenvalue weighted by Crippen LogP contribution is -2.42. The monoisotopic (exact) mass is 298 g/mol. The van der Waals surface area contributed by atoms with Crippen molar-refractivity contribution in [2.24, 2.45) is 5.41 Å². The molecule has 0 bridgehead atoms. The molecule has 0 heterocycles. The molecule has 0 aliphatic heterocycles. The molecule has 1 amide bonds. The predicted octanol–water partition coefficient (Wildman–Crippen LogP) is 2.18. The Morgan fingerprint density at radius 2 is 2.00 bits per heavy atom. The Morgan fingerprint density at radius 1 is 1.38 bits per heavy atom. The topological polar surface area (TPSA) is 70.6 Å². The zero-order valence-electron chi connectivity index (χ0n) is 13.7. The van der Waals surface area contributed by atoms with E-state index in [0.717, 1.165) is 32.1 Å². The summed E-state index contributed by atoms with van der Waals surface area (Å²) in [5, 5.41) is 15.6. The predicted molar refractivity (Wildman–Crippen MR) is 82.1 cm³/mol. The number of nitrogens with one attached hydrogen (secondary N) is 2. The molecule has 2 unspecified atom stereocenters. The van der Waals surface area contributed by atoms with Gasteiger partial charge in [-0.1, -0.05) is 0 Å². The van der Waals surface area contributed by atoms with Crippen LogP contribution in [0, 0.1) is 5.41 Å². The molecule has 122 valence electrons. The normalized spacial score (nSPS) is 33.6. The van der Waals surface area contributed by atoms with Crippen LogP contribution in [0.2, 0.25) is 0 Å². The summed E-state index contributed by atoms with van der Waals surface area (Å²) in [6.45, 7) is 7.84. The van der Waals surface area contributed by atoms with Gasteiger partial charge >= 0.3 is 6.09 Å². The fraction of sp³-hybridized carbons (Fsp3) is 0.938. The van der Waals surface area contributed by atoms with Crippen LogP contribution in [0.3, 0.4) is 0 Å². The summed E-state index contributed by atoms with van der Waals surface area (Å²) in [4.78, 5) is 11.8. The highest BCUT2D eigenvalue weighted by molar-refractivity contribution is 5.68. The molecule has 0 aromatic rings. The first-order chi connectivity index (χ1) is 9.74. The van der Waals surface area contributed by atoms with Crippen LogP contribution in [-0.4, -0.2) is 41.5 Å². The third-order valence-corrected chi connectivity index (χ3v) is 4.66. The summed E-state index contributed by atoms with van der Waals surface area (Å²) in [7, 11) is 0. The molecular weight excluding hydrogens is 268 g/mol. The number of carbonyl (C=O) groups is 1. The summed E-state index contributed by atoms with van der Waals surface area (Å²) < 4.78 is 5.32. The van der Waals surface area contributed by atoms with Gasteiger partial charge in [-0.05, 0) is 65.2 Å². The molecule has 3 N–H and O–H groups in total. The summed E-state index contributed by atoms with van der Waals surface area (Å²) in [5.74, 6) is 0. The van der Waals surface area contributed by atoms with Gasteiger partial charge in [0.1, 0.15) is 5.60 Å². The van der Waals surface area contributed by atoms with Crippen LogP contribution in [0.15, 0.2) is 0 Å². The summed E-state index contributed by atoms with van der Waals surface area (Å²) in [5.41, 5.74) is -0.133. The highest BCUT2D eigenvalue weighted by Gasteiger charge is 2.56. The quantitative estimate of drug-likeness (QED) is 0.744. The lowest BCUT2D eigenvalue weighted by Gasteiger charge is -2.32. The molecule has 2 aliphatic carbocycles. The van der Waals surface area contributed by atoms with E-state index >= 15 is 0 Å². The number of rotatable bonds is 4. The molecule has 1 spiro atoms. The average Bonchev–Trinajstić information content (AvgIpc) is 3.02. The summed E-state index contributed by atoms with van der Waals surface area (Å²) in [6, 6.07) is 0.947. The van der Waals surface area contributed by atoms with Crippen LogP contribution in [-0.2, 0) is 4.74 Å². The smallest absolute Gasteiger partial charge is 0.407 e. The van der Waals surface area contributed by atoms with E-state index in [1.54, 1.807) is 0 Å². The van der Waals surface area contributed by atoms with Crippen molar-refractivity contribution in [2.45, 2.75) is 83.5 Å². The van der Waals surface area contributed by atoms with Crippen molar-refractivity contribution >= 4 is 6.09 Å². The Labute approximate surface area is 127 Å². The van der Waals surface area contributed by atoms with Gasteiger partial charge in [0, 0.05) is 18.1 Å². The second-order valence-electron chi connectivity index (χ2n) is 7.79. The van der Waals surface area contributed by atoms with E-state index in [9.17, 15) is 4.79 Å². The molecule has 0 saturated heterocycles. The van der Waals surface area contributed by atoms with E-state index in [4.69, 9.17) is 9.84 Å². The standard InChI is InChI=1S/C16H30N2O3/c1-11(10-19)17-12-5-7-16(8-6-12)9-13(16)18-14(20)21-15(2,3)4/h11-13,17,19H,5-10H2,1-4H3,(H,18,20). The van der Waals surface area contributed by atoms with E-state index in [-0.39, 0.29) is 24.8 Å². The van der Waals surface area contributed by atoms with Crippen molar-refractivity contribution in [3.63, 3.8) is 0 Å². The SMILES string of the molecule is CC(CO)NC1CCC2(CC1)CC2NC(=O)OC(C)(C)C. The van der Waals surface area contributed by atoms with E-state index < -0.39 is 5.60 Å². The zero-order chi connectivity index (χ0) is 15.7. The lowest BCUT2D eigenvalue weighted by molar-refractivity contribution is 0.0511. The molecular formula is C16H30N2O3. The Balaban J connectivity index is 1.72. The van der Waals surface area contributed by atoms with Crippen LogP contribution < -0.4 is 10.6 Å². The molecule has 21 heavy (non-hydrogen) atoms. The molecule has 0 aromatic heterocycles. The van der Waals surface area contributed by atoms with Gasteiger partial charge in [0.2, 0.25) is 0 Å². The first-order valence-electron chi connectivity index (χ1n) is 8.10. The molecule has 2 aliphatic rings. The number of amides is 1. The maximum absolute atomic E-state index is 11.8. The maximum Gasteiger partial charge on any atom is 0.407 e. The van der Waals surface area contributed by atoms with Gasteiger partial charge in [0.25, 0.3) is 0 Å². The highest BCUT2D eigenvalue weighted by Crippen LogP contribution is 2.56. The number of carbonyl (C=O) groups excluding carboxylic acids is 1. The van der Waals surface area contributed by atoms with E-state index in [1.807, 2.05) is 27.7 Å². The lowest BCUT2D eigenvalue weighted by atomic mass is 9.82. The van der Waals surface area contributed by atoms with Gasteiger partial charge in [-0.15, -0.1) is 0 Å². The Hall–Kier alpha value is -0.810. The Bertz CT molecular complexity index is 370. The second kappa shape index (κ2) is 6.13. The number of aliphatic hydroxyl groups excluding tert-OH is 1. The number of alkyl carbamates (subject to hydrolysis) is 1. The van der Waals surface area contributed by atoms with Gasteiger partial charge < -0.3 is 20.5 Å². The first kappa shape index (κ1) is 16.6. The van der Waals surface area contributed by atoms with Crippen molar-refractivity contribution < 1.29 is 14.6 Å². The third kappa shape index (κ3) is 4.58. The molecule has 0 radical (unpaired) electrons. The number of hydrogen-bond acceptors (Lipinski definition) is 4. The average molecular weight is 298 g/mol. The highest BCUT2D eigenvalue weighted by atomic mass is 16.6. The molecule has 5 nitrogen and oxygen atoms in total. The van der Waals surface area contributed by atoms with Crippen LogP contribution in [0.25, 0.3) is 0 Å². The molecule has 2 rings (SSSR count). The molecule has 2 fully saturated rings. The van der Waals surface area contributed by atoms with Crippen LogP contribution in [0.1, 0.15) is 59.8 Å². The van der Waals surface area contributed by atoms with Crippen LogP contribution in [0.4, 0.5) is 4.79 Å². The van der Waals surface area contributed by atoms with Crippen molar-refractivity contribution in [1.29, 1.82) is 0 Å². The van der Waals surface area contributed by atoms with E-state index in [1.165, 1.54) is 0 Å². The van der Waals surface area contributed by atoms with Crippen molar-refractivity contribution in [3.05, 3.63) is 0 Å². The second-order valence-corrected chi connectivity index (χ2v) is 7.79. The van der Waals surface area contributed by atoms with Crippen LogP contribution >= 0.6 is 0 Å². The number of hydrogen-bond donors (Lipinski definition) is 3. The zero-order valence-corrected chi connectivity index (χ0v) is 13.7. The van der Waals surface area contributed by atoms with Crippen molar-refractivity contribution in [2.75, 3.05) is 6.61 Å². The fourth-order valence-corrected chi connectivity index (χ4v) is 3.37. The van der Waals surface area contributed by atoms with Gasteiger partial charge in [-0.2, -0.15) is 0 Å². The minimum Gasteiger partial charge on any atom is -0.444 e. The minimum absolute atomic E-state index is 0.166. The summed E-state index contributed by atoms with van der Waals surface area (Å²) in [6.07, 6.45) is 5.31. The Kier molecular flexibility index (Phi) is 4.83. The van der Waals surface area contributed by atoms with Gasteiger partial charge in [-0.25, -0.2) is 4.79 Å². The number of aliphatic hydroxyl groups is 1. The third-order valence-electron chi connectivity index (χ3n) is 4.66. The Morgan fingerprint density at radius 3 is 2.52 bits per heavy atom. The van der Waals surface area contributed by atoms with E-state index in [2.05, 4.69) is 10.6 Å². The molecule has 0 aromatic carbocycles. The molecule has 2 atom stereocenters. The van der Waals surface area contributed by atoms with E-state index in [0.29, 0.717) is 11.5 Å². The maximum atomic E-state index is 11.8. The summed E-state index contributed by atoms with van der Waals surface area (Å²) >= 11 is 0. The van der Waals surface area contributed by atoms with Crippen LogP contribution in [0.5, 0.6) is 0 Å².